The van der Waals surface area contributed by atoms with Crippen LogP contribution < -0.4 is 5.32 Å². The lowest BCUT2D eigenvalue weighted by atomic mass is 9.95. The molecule has 1 unspecified atom stereocenters. The van der Waals surface area contributed by atoms with Crippen LogP contribution in [0.25, 0.3) is 0 Å². The average Bonchev–Trinajstić information content (AvgIpc) is 2.39. The molecule has 6 heteroatoms. The molecule has 1 aromatic carbocycles. The first-order valence-corrected chi connectivity index (χ1v) is 6.35. The number of hydrogen-bond donors (Lipinski definition) is 3. The van der Waals surface area contributed by atoms with E-state index < -0.39 is 37.4 Å². The maximum Gasteiger partial charge on any atom is 0.267 e. The molecule has 0 aliphatic carbocycles. The summed E-state index contributed by atoms with van der Waals surface area (Å²) in [5, 5.41) is 20.9. The van der Waals surface area contributed by atoms with Crippen LogP contribution in [0.4, 0.5) is 8.78 Å². The fraction of sp³-hybridized carbons (Fsp3) is 0.500. The molecule has 0 spiro atoms. The zero-order valence-corrected chi connectivity index (χ0v) is 11.2. The first-order valence-electron chi connectivity index (χ1n) is 6.35. The van der Waals surface area contributed by atoms with Gasteiger partial charge >= 0.3 is 0 Å². The van der Waals surface area contributed by atoms with Gasteiger partial charge < -0.3 is 15.5 Å². The summed E-state index contributed by atoms with van der Waals surface area (Å²) < 4.78 is 25.5. The van der Waals surface area contributed by atoms with Crippen molar-refractivity contribution in [3.05, 3.63) is 35.9 Å². The second-order valence-corrected chi connectivity index (χ2v) is 4.75. The monoisotopic (exact) mass is 287 g/mol. The lowest BCUT2D eigenvalue weighted by Gasteiger charge is -2.26. The molecule has 2 atom stereocenters. The van der Waals surface area contributed by atoms with Crippen molar-refractivity contribution >= 4 is 5.91 Å². The van der Waals surface area contributed by atoms with Crippen molar-refractivity contribution < 1.29 is 23.8 Å². The SMILES string of the molecule is CC(NC(=O)C[C@@](O)(CCO)C(F)F)c1ccccc1. The number of halogens is 2. The Morgan fingerprint density at radius 3 is 2.45 bits per heavy atom. The van der Waals surface area contributed by atoms with E-state index in [1.165, 1.54) is 0 Å². The number of benzene rings is 1. The van der Waals surface area contributed by atoms with E-state index in [1.807, 2.05) is 6.07 Å². The Hall–Kier alpha value is -1.53. The van der Waals surface area contributed by atoms with E-state index in [1.54, 1.807) is 31.2 Å². The molecule has 112 valence electrons. The van der Waals surface area contributed by atoms with Crippen LogP contribution in [0.2, 0.25) is 0 Å². The molecule has 0 aromatic heterocycles. The maximum absolute atomic E-state index is 12.8. The van der Waals surface area contributed by atoms with Gasteiger partial charge in [0.25, 0.3) is 6.43 Å². The molecule has 0 aliphatic heterocycles. The van der Waals surface area contributed by atoms with Crippen molar-refractivity contribution in [2.24, 2.45) is 0 Å². The van der Waals surface area contributed by atoms with Crippen LogP contribution in [0.15, 0.2) is 30.3 Å². The predicted octanol–water partition coefficient (Wildman–Crippen LogP) is 1.63. The molecule has 3 N–H and O–H groups in total. The standard InChI is InChI=1S/C14H19F2NO3/c1-10(11-5-3-2-4-6-11)17-12(19)9-14(20,7-8-18)13(15)16/h2-6,10,13,18,20H,7-9H2,1H3,(H,17,19)/t10?,14-/m0/s1. The third-order valence-corrected chi connectivity index (χ3v) is 3.09. The molecule has 4 nitrogen and oxygen atoms in total. The minimum atomic E-state index is -3.09. The van der Waals surface area contributed by atoms with Gasteiger partial charge in [-0.3, -0.25) is 4.79 Å². The van der Waals surface area contributed by atoms with Crippen LogP contribution in [0.3, 0.4) is 0 Å². The summed E-state index contributed by atoms with van der Waals surface area (Å²) in [6, 6.07) is 8.70. The Kier molecular flexibility index (Phi) is 6.04. The summed E-state index contributed by atoms with van der Waals surface area (Å²) in [4.78, 5) is 11.7. The molecule has 0 saturated heterocycles. The molecular weight excluding hydrogens is 268 g/mol. The van der Waals surface area contributed by atoms with Crippen molar-refractivity contribution in [3.8, 4) is 0 Å². The molecule has 0 fully saturated rings. The number of carbonyl (C=O) groups excluding carboxylic acids is 1. The van der Waals surface area contributed by atoms with Crippen molar-refractivity contribution in [2.75, 3.05) is 6.61 Å². The van der Waals surface area contributed by atoms with E-state index in [0.29, 0.717) is 0 Å². The van der Waals surface area contributed by atoms with Gasteiger partial charge in [-0.15, -0.1) is 0 Å². The van der Waals surface area contributed by atoms with E-state index in [9.17, 15) is 18.7 Å². The van der Waals surface area contributed by atoms with Crippen LogP contribution in [0.5, 0.6) is 0 Å². The van der Waals surface area contributed by atoms with Gasteiger partial charge in [-0.25, -0.2) is 8.78 Å². The quantitative estimate of drug-likeness (QED) is 0.714. The van der Waals surface area contributed by atoms with E-state index in [4.69, 9.17) is 5.11 Å². The van der Waals surface area contributed by atoms with Gasteiger partial charge in [-0.05, 0) is 12.5 Å². The lowest BCUT2D eigenvalue weighted by Crippen LogP contribution is -2.43. The van der Waals surface area contributed by atoms with Crippen LogP contribution >= 0.6 is 0 Å². The summed E-state index contributed by atoms with van der Waals surface area (Å²) in [5.41, 5.74) is -1.65. The Bertz CT molecular complexity index is 428. The second kappa shape index (κ2) is 7.31. The Labute approximate surface area is 116 Å². The Morgan fingerprint density at radius 2 is 1.95 bits per heavy atom. The van der Waals surface area contributed by atoms with Crippen molar-refractivity contribution in [2.45, 2.75) is 37.8 Å². The third-order valence-electron chi connectivity index (χ3n) is 3.09. The smallest absolute Gasteiger partial charge is 0.267 e. The molecule has 0 heterocycles. The highest BCUT2D eigenvalue weighted by Crippen LogP contribution is 2.24. The summed E-state index contributed by atoms with van der Waals surface area (Å²) in [6.07, 6.45) is -4.38. The fourth-order valence-corrected chi connectivity index (χ4v) is 1.86. The summed E-state index contributed by atoms with van der Waals surface area (Å²) in [5.74, 6) is -0.683. The highest BCUT2D eigenvalue weighted by Gasteiger charge is 2.39. The molecule has 0 aliphatic rings. The number of alkyl halides is 2. The Morgan fingerprint density at radius 1 is 1.35 bits per heavy atom. The van der Waals surface area contributed by atoms with Gasteiger partial charge in [0.15, 0.2) is 0 Å². The van der Waals surface area contributed by atoms with Gasteiger partial charge in [0, 0.05) is 13.0 Å². The molecule has 0 radical (unpaired) electrons. The minimum absolute atomic E-state index is 0.347. The van der Waals surface area contributed by atoms with Crippen LogP contribution in [-0.4, -0.2) is 34.8 Å². The number of hydrogen-bond acceptors (Lipinski definition) is 3. The first kappa shape index (κ1) is 16.5. The summed E-state index contributed by atoms with van der Waals surface area (Å²) >= 11 is 0. The summed E-state index contributed by atoms with van der Waals surface area (Å²) in [6.45, 7) is 1.11. The molecule has 1 aromatic rings. The number of amides is 1. The van der Waals surface area contributed by atoms with Crippen molar-refractivity contribution in [3.63, 3.8) is 0 Å². The fourth-order valence-electron chi connectivity index (χ4n) is 1.86. The van der Waals surface area contributed by atoms with Gasteiger partial charge in [-0.1, -0.05) is 30.3 Å². The van der Waals surface area contributed by atoms with Crippen LogP contribution in [0, 0.1) is 0 Å². The number of aliphatic hydroxyl groups excluding tert-OH is 1. The maximum atomic E-state index is 12.8. The van der Waals surface area contributed by atoms with Crippen LogP contribution in [-0.2, 0) is 4.79 Å². The van der Waals surface area contributed by atoms with Gasteiger partial charge in [0.2, 0.25) is 5.91 Å². The zero-order chi connectivity index (χ0) is 15.2. The van der Waals surface area contributed by atoms with Gasteiger partial charge in [-0.2, -0.15) is 0 Å². The van der Waals surface area contributed by atoms with Crippen LogP contribution in [0.1, 0.15) is 31.4 Å². The molecule has 0 bridgehead atoms. The average molecular weight is 287 g/mol. The van der Waals surface area contributed by atoms with E-state index in [2.05, 4.69) is 5.32 Å². The highest BCUT2D eigenvalue weighted by atomic mass is 19.3. The summed E-state index contributed by atoms with van der Waals surface area (Å²) in [7, 11) is 0. The third kappa shape index (κ3) is 4.54. The number of aliphatic hydroxyl groups is 2. The van der Waals surface area contributed by atoms with Crippen molar-refractivity contribution in [1.29, 1.82) is 0 Å². The second-order valence-electron chi connectivity index (χ2n) is 4.75. The van der Waals surface area contributed by atoms with Crippen molar-refractivity contribution in [1.82, 2.24) is 5.32 Å². The number of nitrogens with one attached hydrogen (secondary N) is 1. The highest BCUT2D eigenvalue weighted by molar-refractivity contribution is 5.77. The molecule has 1 rings (SSSR count). The van der Waals surface area contributed by atoms with E-state index in [-0.39, 0.29) is 6.04 Å². The lowest BCUT2D eigenvalue weighted by molar-refractivity contribution is -0.142. The normalized spacial score (nSPS) is 15.7. The predicted molar refractivity (Wildman–Crippen MR) is 70.3 cm³/mol. The molecule has 0 saturated carbocycles. The number of carbonyl (C=O) groups is 1. The topological polar surface area (TPSA) is 69.6 Å². The van der Waals surface area contributed by atoms with Gasteiger partial charge in [0.1, 0.15) is 5.60 Å². The molecule has 1 amide bonds. The number of rotatable bonds is 7. The first-order chi connectivity index (χ1) is 9.39. The molecule has 20 heavy (non-hydrogen) atoms. The largest absolute Gasteiger partial charge is 0.396 e. The Balaban J connectivity index is 2.62. The van der Waals surface area contributed by atoms with E-state index in [0.717, 1.165) is 5.56 Å². The van der Waals surface area contributed by atoms with Gasteiger partial charge in [0.05, 0.1) is 12.5 Å². The minimum Gasteiger partial charge on any atom is -0.396 e. The van der Waals surface area contributed by atoms with E-state index >= 15 is 0 Å². The zero-order valence-electron chi connectivity index (χ0n) is 11.2. The molecular formula is C14H19F2NO3.